The molecule has 0 aromatic heterocycles. The fraction of sp³-hybridized carbons (Fsp3) is 0.364. The molecule has 1 unspecified atom stereocenters. The Hall–Kier alpha value is -0.670. The summed E-state index contributed by atoms with van der Waals surface area (Å²) in [6.45, 7) is 0.871. The number of rotatable bonds is 2. The third-order valence-corrected chi connectivity index (χ3v) is 2.94. The van der Waals surface area contributed by atoms with Crippen LogP contribution in [0.3, 0.4) is 0 Å². The zero-order chi connectivity index (χ0) is 9.97. The summed E-state index contributed by atoms with van der Waals surface area (Å²) in [5.41, 5.74) is 1.19. The molecule has 0 radical (unpaired) electrons. The van der Waals surface area contributed by atoms with E-state index >= 15 is 0 Å². The van der Waals surface area contributed by atoms with Crippen LogP contribution >= 0.6 is 15.9 Å². The number of carbonyl (C=O) groups is 1. The maximum atomic E-state index is 11.3. The van der Waals surface area contributed by atoms with Crippen molar-refractivity contribution >= 4 is 21.7 Å². The first-order valence-corrected chi connectivity index (χ1v) is 5.40. The Balaban J connectivity index is 2.03. The van der Waals surface area contributed by atoms with E-state index in [0.717, 1.165) is 10.9 Å². The van der Waals surface area contributed by atoms with Gasteiger partial charge in [0.2, 0.25) is 0 Å². The molecule has 2 nitrogen and oxygen atoms in total. The summed E-state index contributed by atoms with van der Waals surface area (Å²) in [5.74, 6) is 0.295. The number of ether oxygens (including phenoxy) is 1. The molecular formula is C11H11BrO2. The summed E-state index contributed by atoms with van der Waals surface area (Å²) in [5, 5.41) is 0. The van der Waals surface area contributed by atoms with Gasteiger partial charge < -0.3 is 4.74 Å². The van der Waals surface area contributed by atoms with Crippen LogP contribution in [-0.2, 0) is 16.0 Å². The van der Waals surface area contributed by atoms with Gasteiger partial charge in [-0.25, -0.2) is 0 Å². The second kappa shape index (κ2) is 4.24. The van der Waals surface area contributed by atoms with Gasteiger partial charge in [-0.15, -0.1) is 0 Å². The second-order valence-electron chi connectivity index (χ2n) is 3.51. The van der Waals surface area contributed by atoms with Crippen molar-refractivity contribution in [3.63, 3.8) is 0 Å². The third-order valence-electron chi connectivity index (χ3n) is 2.41. The quantitative estimate of drug-likeness (QED) is 0.809. The highest BCUT2D eigenvalue weighted by molar-refractivity contribution is 9.10. The molecule has 0 aliphatic carbocycles. The Morgan fingerprint density at radius 1 is 1.36 bits per heavy atom. The predicted molar refractivity (Wildman–Crippen MR) is 57.2 cm³/mol. The molecule has 0 amide bonds. The minimum atomic E-state index is 0.0659. The largest absolute Gasteiger partial charge is 0.373 e. The molecule has 1 aliphatic rings. The summed E-state index contributed by atoms with van der Waals surface area (Å²) < 4.78 is 6.17. The topological polar surface area (TPSA) is 26.3 Å². The lowest BCUT2D eigenvalue weighted by Gasteiger charge is -2.05. The standard InChI is InChI=1S/C11H11BrO2/c12-10-3-1-8(2-4-10)5-9-6-14-7-11(9)13/h1-4,9H,5-7H2. The van der Waals surface area contributed by atoms with Crippen LogP contribution in [0.25, 0.3) is 0 Å². The van der Waals surface area contributed by atoms with Gasteiger partial charge >= 0.3 is 0 Å². The van der Waals surface area contributed by atoms with E-state index in [1.165, 1.54) is 5.56 Å². The highest BCUT2D eigenvalue weighted by Gasteiger charge is 2.25. The fourth-order valence-corrected chi connectivity index (χ4v) is 1.85. The van der Waals surface area contributed by atoms with Crippen LogP contribution in [0.1, 0.15) is 5.56 Å². The van der Waals surface area contributed by atoms with Crippen molar-refractivity contribution < 1.29 is 9.53 Å². The molecule has 1 saturated heterocycles. The minimum Gasteiger partial charge on any atom is -0.373 e. The summed E-state index contributed by atoms with van der Waals surface area (Å²) in [6, 6.07) is 8.07. The summed E-state index contributed by atoms with van der Waals surface area (Å²) in [6.07, 6.45) is 0.798. The molecule has 0 spiro atoms. The molecule has 1 fully saturated rings. The van der Waals surface area contributed by atoms with E-state index in [1.54, 1.807) is 0 Å². The minimum absolute atomic E-state index is 0.0659. The van der Waals surface area contributed by atoms with Crippen molar-refractivity contribution in [2.24, 2.45) is 5.92 Å². The van der Waals surface area contributed by atoms with Crippen LogP contribution in [-0.4, -0.2) is 19.0 Å². The Morgan fingerprint density at radius 2 is 2.07 bits per heavy atom. The molecule has 1 atom stereocenters. The molecule has 1 aromatic rings. The Morgan fingerprint density at radius 3 is 2.64 bits per heavy atom. The summed E-state index contributed by atoms with van der Waals surface area (Å²) in [4.78, 5) is 11.3. The van der Waals surface area contributed by atoms with E-state index in [2.05, 4.69) is 15.9 Å². The summed E-state index contributed by atoms with van der Waals surface area (Å²) in [7, 11) is 0. The normalized spacial score (nSPS) is 21.5. The van der Waals surface area contributed by atoms with E-state index in [-0.39, 0.29) is 11.7 Å². The second-order valence-corrected chi connectivity index (χ2v) is 4.42. The predicted octanol–water partition coefficient (Wildman–Crippen LogP) is 2.21. The Bertz CT molecular complexity index is 332. The SMILES string of the molecule is O=C1COCC1Cc1ccc(Br)cc1. The van der Waals surface area contributed by atoms with E-state index in [0.29, 0.717) is 13.2 Å². The van der Waals surface area contributed by atoms with Crippen molar-refractivity contribution in [3.8, 4) is 0 Å². The Labute approximate surface area is 91.4 Å². The lowest BCUT2D eigenvalue weighted by atomic mass is 9.98. The number of hydrogen-bond acceptors (Lipinski definition) is 2. The van der Waals surface area contributed by atoms with Gasteiger partial charge in [-0.1, -0.05) is 28.1 Å². The van der Waals surface area contributed by atoms with Gasteiger partial charge in [0, 0.05) is 10.4 Å². The third kappa shape index (κ3) is 2.22. The van der Waals surface area contributed by atoms with Crippen molar-refractivity contribution in [2.75, 3.05) is 13.2 Å². The van der Waals surface area contributed by atoms with Crippen LogP contribution in [0.4, 0.5) is 0 Å². The van der Waals surface area contributed by atoms with Gasteiger partial charge in [-0.05, 0) is 24.1 Å². The molecule has 0 N–H and O–H groups in total. The average molecular weight is 255 g/mol. The van der Waals surface area contributed by atoms with Crippen LogP contribution < -0.4 is 0 Å². The smallest absolute Gasteiger partial charge is 0.164 e. The molecule has 14 heavy (non-hydrogen) atoms. The molecule has 0 saturated carbocycles. The number of ketones is 1. The molecule has 1 aromatic carbocycles. The van der Waals surface area contributed by atoms with Gasteiger partial charge in [0.05, 0.1) is 6.61 Å². The van der Waals surface area contributed by atoms with Gasteiger partial charge in [-0.2, -0.15) is 0 Å². The molecule has 1 aliphatic heterocycles. The average Bonchev–Trinajstić information content (AvgIpc) is 2.56. The van der Waals surface area contributed by atoms with Gasteiger partial charge in [-0.3, -0.25) is 4.79 Å². The van der Waals surface area contributed by atoms with E-state index in [1.807, 2.05) is 24.3 Å². The first kappa shape index (κ1) is 9.87. The van der Waals surface area contributed by atoms with E-state index in [4.69, 9.17) is 4.74 Å². The number of hydrogen-bond donors (Lipinski definition) is 0. The zero-order valence-corrected chi connectivity index (χ0v) is 9.29. The molecule has 3 heteroatoms. The molecule has 2 rings (SSSR count). The maximum Gasteiger partial charge on any atom is 0.164 e. The first-order chi connectivity index (χ1) is 6.75. The fourth-order valence-electron chi connectivity index (χ4n) is 1.59. The lowest BCUT2D eigenvalue weighted by molar-refractivity contribution is -0.120. The monoisotopic (exact) mass is 254 g/mol. The molecule has 1 heterocycles. The van der Waals surface area contributed by atoms with Crippen molar-refractivity contribution in [3.05, 3.63) is 34.3 Å². The number of halogens is 1. The molecule has 74 valence electrons. The van der Waals surface area contributed by atoms with Gasteiger partial charge in [0.1, 0.15) is 6.61 Å². The Kier molecular flexibility index (Phi) is 2.99. The van der Waals surface area contributed by atoms with E-state index in [9.17, 15) is 4.79 Å². The number of carbonyl (C=O) groups excluding carboxylic acids is 1. The highest BCUT2D eigenvalue weighted by Crippen LogP contribution is 2.17. The van der Waals surface area contributed by atoms with Crippen LogP contribution in [0.2, 0.25) is 0 Å². The van der Waals surface area contributed by atoms with E-state index < -0.39 is 0 Å². The van der Waals surface area contributed by atoms with Gasteiger partial charge in [0.15, 0.2) is 5.78 Å². The summed E-state index contributed by atoms with van der Waals surface area (Å²) >= 11 is 3.38. The zero-order valence-electron chi connectivity index (χ0n) is 7.70. The number of benzene rings is 1. The molecular weight excluding hydrogens is 244 g/mol. The first-order valence-electron chi connectivity index (χ1n) is 4.60. The lowest BCUT2D eigenvalue weighted by Crippen LogP contribution is -2.13. The van der Waals surface area contributed by atoms with Crippen molar-refractivity contribution in [1.82, 2.24) is 0 Å². The van der Waals surface area contributed by atoms with Crippen molar-refractivity contribution in [2.45, 2.75) is 6.42 Å². The van der Waals surface area contributed by atoms with Crippen LogP contribution in [0.5, 0.6) is 0 Å². The maximum absolute atomic E-state index is 11.3. The van der Waals surface area contributed by atoms with Gasteiger partial charge in [0.25, 0.3) is 0 Å². The van der Waals surface area contributed by atoms with Crippen molar-refractivity contribution in [1.29, 1.82) is 0 Å². The van der Waals surface area contributed by atoms with Crippen LogP contribution in [0.15, 0.2) is 28.7 Å². The number of Topliss-reactive ketones (excluding diaryl/α,β-unsaturated/α-hetero) is 1. The van der Waals surface area contributed by atoms with Crippen LogP contribution in [0, 0.1) is 5.92 Å². The molecule has 0 bridgehead atoms. The highest BCUT2D eigenvalue weighted by atomic mass is 79.9.